The minimum Gasteiger partial charge on any atom is -0.289 e. The number of fused-ring (bicyclic) bond motifs is 1. The van der Waals surface area contributed by atoms with Gasteiger partial charge in [0, 0.05) is 31.1 Å². The second-order valence-electron chi connectivity index (χ2n) is 4.12. The van der Waals surface area contributed by atoms with Gasteiger partial charge in [0.15, 0.2) is 5.43 Å². The molecule has 0 aliphatic carbocycles. The average Bonchev–Trinajstić information content (AvgIpc) is 2.40. The van der Waals surface area contributed by atoms with Crippen molar-refractivity contribution in [2.75, 3.05) is 0 Å². The lowest BCUT2D eigenvalue weighted by atomic mass is 10.2. The first-order chi connectivity index (χ1) is 9.13. The Kier molecular flexibility index (Phi) is 3.31. The van der Waals surface area contributed by atoms with Crippen LogP contribution in [0.4, 0.5) is 0 Å². The molecule has 19 heavy (non-hydrogen) atoms. The topological polar surface area (TPSA) is 17.1 Å². The number of hydrogen-bond acceptors (Lipinski definition) is 2. The smallest absolute Gasteiger partial charge is 0.188 e. The first kappa shape index (κ1) is 12.7. The predicted octanol–water partition coefficient (Wildman–Crippen LogP) is 5.24. The first-order valence-electron chi connectivity index (χ1n) is 5.63. The van der Waals surface area contributed by atoms with Gasteiger partial charge in [0.2, 0.25) is 0 Å². The van der Waals surface area contributed by atoms with Gasteiger partial charge in [0.1, 0.15) is 0 Å². The summed E-state index contributed by atoms with van der Waals surface area (Å²) in [6.07, 6.45) is 0. The summed E-state index contributed by atoms with van der Waals surface area (Å²) in [4.78, 5) is 13.0. The van der Waals surface area contributed by atoms with Gasteiger partial charge in [-0.2, -0.15) is 0 Å². The van der Waals surface area contributed by atoms with Gasteiger partial charge in [-0.3, -0.25) is 4.79 Å². The van der Waals surface area contributed by atoms with E-state index in [1.54, 1.807) is 29.5 Å². The zero-order valence-electron chi connectivity index (χ0n) is 9.69. The largest absolute Gasteiger partial charge is 0.289 e. The molecular weight excluding hydrogens is 299 g/mol. The van der Waals surface area contributed by atoms with E-state index in [0.717, 1.165) is 15.1 Å². The lowest BCUT2D eigenvalue weighted by Crippen LogP contribution is -1.98. The van der Waals surface area contributed by atoms with Crippen LogP contribution in [0.2, 0.25) is 10.0 Å². The molecule has 0 radical (unpaired) electrons. The van der Waals surface area contributed by atoms with Crippen molar-refractivity contribution in [3.05, 3.63) is 68.8 Å². The second kappa shape index (κ2) is 4.97. The summed E-state index contributed by atoms with van der Waals surface area (Å²) in [7, 11) is 0. The minimum atomic E-state index is -0.0128. The number of hydrogen-bond donors (Lipinski definition) is 0. The molecule has 0 fully saturated rings. The first-order valence-corrected chi connectivity index (χ1v) is 7.20. The van der Waals surface area contributed by atoms with Gasteiger partial charge in [-0.1, -0.05) is 35.3 Å². The number of halogens is 2. The maximum atomic E-state index is 12.1. The molecule has 0 spiro atoms. The Morgan fingerprint density at radius 2 is 1.53 bits per heavy atom. The van der Waals surface area contributed by atoms with Crippen molar-refractivity contribution < 1.29 is 0 Å². The van der Waals surface area contributed by atoms with Gasteiger partial charge >= 0.3 is 0 Å². The SMILES string of the molecule is O=c1cc(-c2ccc(Cl)cc2)sc2ccc(Cl)cc12. The number of benzene rings is 2. The molecule has 0 unspecified atom stereocenters. The van der Waals surface area contributed by atoms with Crippen LogP contribution in [0.1, 0.15) is 0 Å². The van der Waals surface area contributed by atoms with Gasteiger partial charge < -0.3 is 0 Å². The molecule has 0 amide bonds. The zero-order valence-corrected chi connectivity index (χ0v) is 12.0. The van der Waals surface area contributed by atoms with E-state index in [2.05, 4.69) is 0 Å². The molecule has 94 valence electrons. The highest BCUT2D eigenvalue weighted by molar-refractivity contribution is 7.21. The maximum Gasteiger partial charge on any atom is 0.188 e. The molecule has 1 heterocycles. The average molecular weight is 307 g/mol. The van der Waals surface area contributed by atoms with Crippen molar-refractivity contribution in [3.63, 3.8) is 0 Å². The third-order valence-electron chi connectivity index (χ3n) is 2.82. The summed E-state index contributed by atoms with van der Waals surface area (Å²) in [5.41, 5.74) is 0.976. The Bertz CT molecular complexity index is 806. The molecule has 1 aromatic heterocycles. The Balaban J connectivity index is 2.24. The third-order valence-corrected chi connectivity index (χ3v) is 4.45. The Morgan fingerprint density at radius 1 is 0.842 bits per heavy atom. The van der Waals surface area contributed by atoms with Gasteiger partial charge in [0.05, 0.1) is 0 Å². The fraction of sp³-hybridized carbons (Fsp3) is 0. The fourth-order valence-corrected chi connectivity index (χ4v) is 3.25. The second-order valence-corrected chi connectivity index (χ2v) is 6.08. The van der Waals surface area contributed by atoms with Crippen LogP contribution in [0, 0.1) is 0 Å². The normalized spacial score (nSPS) is 10.8. The van der Waals surface area contributed by atoms with E-state index in [1.165, 1.54) is 0 Å². The molecule has 0 aliphatic rings. The summed E-state index contributed by atoms with van der Waals surface area (Å²) in [5, 5.41) is 1.93. The van der Waals surface area contributed by atoms with Crippen LogP contribution in [0.3, 0.4) is 0 Å². The monoisotopic (exact) mass is 306 g/mol. The van der Waals surface area contributed by atoms with Crippen molar-refractivity contribution in [1.82, 2.24) is 0 Å². The van der Waals surface area contributed by atoms with Crippen molar-refractivity contribution in [1.29, 1.82) is 0 Å². The third kappa shape index (κ3) is 2.52. The van der Waals surface area contributed by atoms with Crippen LogP contribution in [0.5, 0.6) is 0 Å². The summed E-state index contributed by atoms with van der Waals surface area (Å²) < 4.78 is 0.932. The Labute approximate surface area is 124 Å². The van der Waals surface area contributed by atoms with Crippen molar-refractivity contribution in [2.24, 2.45) is 0 Å². The summed E-state index contributed by atoms with van der Waals surface area (Å²) in [5.74, 6) is 0. The van der Waals surface area contributed by atoms with Gasteiger partial charge in [0.25, 0.3) is 0 Å². The van der Waals surface area contributed by atoms with E-state index < -0.39 is 0 Å². The molecule has 0 atom stereocenters. The Hall–Kier alpha value is -1.35. The minimum absolute atomic E-state index is 0.0128. The quantitative estimate of drug-likeness (QED) is 0.601. The van der Waals surface area contributed by atoms with Crippen molar-refractivity contribution >= 4 is 44.6 Å². The van der Waals surface area contributed by atoms with Gasteiger partial charge in [-0.05, 0) is 35.9 Å². The molecule has 0 aliphatic heterocycles. The van der Waals surface area contributed by atoms with Crippen LogP contribution in [-0.4, -0.2) is 0 Å². The molecule has 4 heteroatoms. The zero-order chi connectivity index (χ0) is 13.4. The molecular formula is C15H8Cl2OS. The van der Waals surface area contributed by atoms with Crippen LogP contribution < -0.4 is 5.43 Å². The predicted molar refractivity (Wildman–Crippen MR) is 83.6 cm³/mol. The molecule has 1 nitrogen and oxygen atoms in total. The van der Waals surface area contributed by atoms with Crippen LogP contribution in [-0.2, 0) is 0 Å². The van der Waals surface area contributed by atoms with Crippen LogP contribution in [0.15, 0.2) is 53.3 Å². The highest BCUT2D eigenvalue weighted by Gasteiger charge is 2.05. The molecule has 3 aromatic rings. The molecule has 0 N–H and O–H groups in total. The van der Waals surface area contributed by atoms with E-state index in [1.807, 2.05) is 30.3 Å². The maximum absolute atomic E-state index is 12.1. The summed E-state index contributed by atoms with van der Waals surface area (Å²) in [6.45, 7) is 0. The molecule has 0 saturated heterocycles. The Morgan fingerprint density at radius 3 is 2.26 bits per heavy atom. The van der Waals surface area contributed by atoms with Crippen molar-refractivity contribution in [3.8, 4) is 10.4 Å². The van der Waals surface area contributed by atoms with Crippen LogP contribution in [0.25, 0.3) is 20.5 Å². The van der Waals surface area contributed by atoms with Gasteiger partial charge in [-0.15, -0.1) is 11.3 Å². The summed E-state index contributed by atoms with van der Waals surface area (Å²) >= 11 is 13.4. The molecule has 0 bridgehead atoms. The van der Waals surface area contributed by atoms with E-state index in [4.69, 9.17) is 23.2 Å². The fourth-order valence-electron chi connectivity index (χ4n) is 1.88. The lowest BCUT2D eigenvalue weighted by molar-refractivity contribution is 1.66. The number of rotatable bonds is 1. The summed E-state index contributed by atoms with van der Waals surface area (Å²) in [6, 6.07) is 14.5. The molecule has 0 saturated carbocycles. The van der Waals surface area contributed by atoms with E-state index in [9.17, 15) is 4.79 Å². The lowest BCUT2D eigenvalue weighted by Gasteiger charge is -2.03. The standard InChI is InChI=1S/C15H8Cl2OS/c16-10-3-1-9(2-4-10)15-8-13(18)12-7-11(17)5-6-14(12)19-15/h1-8H. The highest BCUT2D eigenvalue weighted by atomic mass is 35.5. The van der Waals surface area contributed by atoms with E-state index >= 15 is 0 Å². The van der Waals surface area contributed by atoms with Crippen LogP contribution >= 0.6 is 34.5 Å². The van der Waals surface area contributed by atoms with E-state index in [-0.39, 0.29) is 5.43 Å². The highest BCUT2D eigenvalue weighted by Crippen LogP contribution is 2.29. The van der Waals surface area contributed by atoms with Gasteiger partial charge in [-0.25, -0.2) is 0 Å². The van der Waals surface area contributed by atoms with E-state index in [0.29, 0.717) is 15.4 Å². The molecule has 2 aromatic carbocycles. The molecule has 3 rings (SSSR count). The van der Waals surface area contributed by atoms with Crippen molar-refractivity contribution in [2.45, 2.75) is 0 Å².